The van der Waals surface area contributed by atoms with Gasteiger partial charge in [-0.1, -0.05) is 13.3 Å². The Balaban J connectivity index is 2.93. The molecule has 0 atom stereocenters. The minimum Gasteiger partial charge on any atom is -0.361 e. The lowest BCUT2D eigenvalue weighted by molar-refractivity contribution is 0.377. The topological polar surface area (TPSA) is 27.6 Å². The third-order valence-corrected chi connectivity index (χ3v) is 3.11. The van der Waals surface area contributed by atoms with Crippen LogP contribution in [0.1, 0.15) is 25.3 Å². The standard InChI is InChI=1S/C13H14F5N3S/c1-3-4-5-19-13(22)21(2)20-6-7-8(14)10(16)12(18)11(17)9(7)15/h6H,3-5H2,1-2H3,(H,19,22)/b20-6+. The lowest BCUT2D eigenvalue weighted by atomic mass is 10.2. The third-order valence-electron chi connectivity index (χ3n) is 2.70. The highest BCUT2D eigenvalue weighted by molar-refractivity contribution is 7.80. The minimum absolute atomic E-state index is 0.161. The summed E-state index contributed by atoms with van der Waals surface area (Å²) in [6.45, 7) is 2.56. The maximum Gasteiger partial charge on any atom is 0.200 e. The summed E-state index contributed by atoms with van der Waals surface area (Å²) in [6.07, 6.45) is 2.33. The van der Waals surface area contributed by atoms with Gasteiger partial charge in [0.15, 0.2) is 28.4 Å². The Morgan fingerprint density at radius 1 is 1.09 bits per heavy atom. The zero-order valence-corrected chi connectivity index (χ0v) is 12.7. The lowest BCUT2D eigenvalue weighted by Gasteiger charge is -2.15. The van der Waals surface area contributed by atoms with Crippen LogP contribution >= 0.6 is 12.2 Å². The highest BCUT2D eigenvalue weighted by Crippen LogP contribution is 2.21. The maximum atomic E-state index is 13.4. The van der Waals surface area contributed by atoms with Crippen molar-refractivity contribution >= 4 is 23.5 Å². The van der Waals surface area contributed by atoms with Crippen LogP contribution in [0.4, 0.5) is 22.0 Å². The summed E-state index contributed by atoms with van der Waals surface area (Å²) in [6, 6.07) is 0. The number of nitrogens with zero attached hydrogens (tertiary/aromatic N) is 2. The smallest absolute Gasteiger partial charge is 0.200 e. The molecule has 0 aliphatic heterocycles. The van der Waals surface area contributed by atoms with E-state index in [9.17, 15) is 22.0 Å². The van der Waals surface area contributed by atoms with Gasteiger partial charge in [0.1, 0.15) is 0 Å². The molecular formula is C13H14F5N3S. The van der Waals surface area contributed by atoms with Crippen molar-refractivity contribution in [3.05, 3.63) is 34.6 Å². The molecule has 3 nitrogen and oxygen atoms in total. The molecule has 1 rings (SSSR count). The van der Waals surface area contributed by atoms with Crippen molar-refractivity contribution in [1.29, 1.82) is 0 Å². The van der Waals surface area contributed by atoms with Crippen LogP contribution in [0.2, 0.25) is 0 Å². The molecule has 0 saturated heterocycles. The largest absolute Gasteiger partial charge is 0.361 e. The van der Waals surface area contributed by atoms with Gasteiger partial charge in [0, 0.05) is 13.6 Å². The van der Waals surface area contributed by atoms with Gasteiger partial charge in [-0.3, -0.25) is 0 Å². The fraction of sp³-hybridized carbons (Fsp3) is 0.385. The first-order chi connectivity index (χ1) is 10.3. The van der Waals surface area contributed by atoms with Gasteiger partial charge in [-0.15, -0.1) is 0 Å². The molecule has 0 aliphatic carbocycles. The number of hydrazone groups is 1. The van der Waals surface area contributed by atoms with E-state index in [1.165, 1.54) is 7.05 Å². The Labute approximate surface area is 129 Å². The van der Waals surface area contributed by atoms with Crippen LogP contribution in [0, 0.1) is 29.1 Å². The van der Waals surface area contributed by atoms with Crippen molar-refractivity contribution in [2.45, 2.75) is 19.8 Å². The zero-order chi connectivity index (χ0) is 16.9. The number of hydrogen-bond acceptors (Lipinski definition) is 2. The van der Waals surface area contributed by atoms with Crippen LogP contribution in [-0.2, 0) is 0 Å². The summed E-state index contributed by atoms with van der Waals surface area (Å²) in [5.41, 5.74) is -1.13. The summed E-state index contributed by atoms with van der Waals surface area (Å²) in [7, 11) is 1.38. The number of halogens is 5. The van der Waals surface area contributed by atoms with E-state index in [0.717, 1.165) is 17.9 Å². The van der Waals surface area contributed by atoms with Crippen LogP contribution in [0.3, 0.4) is 0 Å². The van der Waals surface area contributed by atoms with E-state index in [0.29, 0.717) is 12.8 Å². The normalized spacial score (nSPS) is 11.0. The SMILES string of the molecule is CCCCNC(=S)N(C)/N=C/c1c(F)c(F)c(F)c(F)c1F. The summed E-state index contributed by atoms with van der Waals surface area (Å²) in [4.78, 5) is 0. The molecule has 0 amide bonds. The molecule has 0 aromatic heterocycles. The van der Waals surface area contributed by atoms with Crippen LogP contribution in [0.25, 0.3) is 0 Å². The molecule has 1 N–H and O–H groups in total. The summed E-state index contributed by atoms with van der Waals surface area (Å²) in [5, 5.41) is 7.62. The van der Waals surface area contributed by atoms with Crippen LogP contribution < -0.4 is 5.32 Å². The molecule has 0 bridgehead atoms. The van der Waals surface area contributed by atoms with Crippen LogP contribution in [0.15, 0.2) is 5.10 Å². The Hall–Kier alpha value is -1.77. The fourth-order valence-corrected chi connectivity index (χ4v) is 1.57. The molecule has 1 aromatic rings. The second-order valence-corrected chi connectivity index (χ2v) is 4.72. The zero-order valence-electron chi connectivity index (χ0n) is 11.9. The van der Waals surface area contributed by atoms with Gasteiger partial charge in [0.25, 0.3) is 0 Å². The molecule has 1 aromatic carbocycles. The lowest BCUT2D eigenvalue weighted by Crippen LogP contribution is -2.34. The molecule has 0 aliphatic rings. The fourth-order valence-electron chi connectivity index (χ4n) is 1.42. The predicted molar refractivity (Wildman–Crippen MR) is 77.1 cm³/mol. The molecule has 22 heavy (non-hydrogen) atoms. The first-order valence-corrected chi connectivity index (χ1v) is 6.79. The van der Waals surface area contributed by atoms with Crippen molar-refractivity contribution in [3.63, 3.8) is 0 Å². The Morgan fingerprint density at radius 3 is 2.09 bits per heavy atom. The Bertz CT molecular complexity index is 563. The molecule has 0 heterocycles. The third kappa shape index (κ3) is 4.12. The van der Waals surface area contributed by atoms with Gasteiger partial charge in [-0.2, -0.15) is 5.10 Å². The van der Waals surface area contributed by atoms with Crippen LogP contribution in [0.5, 0.6) is 0 Å². The average molecular weight is 339 g/mol. The van der Waals surface area contributed by atoms with Gasteiger partial charge in [0.05, 0.1) is 11.8 Å². The van der Waals surface area contributed by atoms with E-state index in [-0.39, 0.29) is 5.11 Å². The molecule has 0 fully saturated rings. The first kappa shape index (κ1) is 18.3. The van der Waals surface area contributed by atoms with Crippen molar-refractivity contribution in [3.8, 4) is 0 Å². The first-order valence-electron chi connectivity index (χ1n) is 6.38. The Morgan fingerprint density at radius 2 is 1.59 bits per heavy atom. The van der Waals surface area contributed by atoms with Gasteiger partial charge >= 0.3 is 0 Å². The van der Waals surface area contributed by atoms with E-state index in [4.69, 9.17) is 12.2 Å². The average Bonchev–Trinajstić information content (AvgIpc) is 2.50. The van der Waals surface area contributed by atoms with Crippen molar-refractivity contribution in [2.75, 3.05) is 13.6 Å². The number of nitrogens with one attached hydrogen (secondary N) is 1. The second-order valence-electron chi connectivity index (χ2n) is 4.34. The quantitative estimate of drug-likeness (QED) is 0.170. The van der Waals surface area contributed by atoms with Gasteiger partial charge in [-0.05, 0) is 18.6 Å². The number of hydrogen-bond donors (Lipinski definition) is 1. The van der Waals surface area contributed by atoms with Crippen LogP contribution in [-0.4, -0.2) is 29.9 Å². The molecule has 0 spiro atoms. The number of rotatable bonds is 5. The van der Waals surface area contributed by atoms with E-state index in [1.807, 2.05) is 6.92 Å². The molecule has 0 unspecified atom stereocenters. The number of unbranched alkanes of at least 4 members (excludes halogenated alkanes) is 1. The van der Waals surface area contributed by atoms with E-state index < -0.39 is 34.6 Å². The predicted octanol–water partition coefficient (Wildman–Crippen LogP) is 3.32. The summed E-state index contributed by atoms with van der Waals surface area (Å²) in [5.74, 6) is -10.1. The minimum atomic E-state index is -2.21. The molecule has 122 valence electrons. The molecular weight excluding hydrogens is 325 g/mol. The second kappa shape index (κ2) is 8.02. The molecule has 0 radical (unpaired) electrons. The van der Waals surface area contributed by atoms with Crippen molar-refractivity contribution in [1.82, 2.24) is 10.3 Å². The Kier molecular flexibility index (Phi) is 6.66. The van der Waals surface area contributed by atoms with Gasteiger partial charge < -0.3 is 5.32 Å². The molecule has 9 heteroatoms. The number of thiocarbonyl (C=S) groups is 1. The van der Waals surface area contributed by atoms with E-state index in [1.54, 1.807) is 0 Å². The molecule has 0 saturated carbocycles. The highest BCUT2D eigenvalue weighted by Gasteiger charge is 2.24. The summed E-state index contributed by atoms with van der Waals surface area (Å²) < 4.78 is 65.8. The number of benzene rings is 1. The highest BCUT2D eigenvalue weighted by atomic mass is 32.1. The van der Waals surface area contributed by atoms with Gasteiger partial charge in [-0.25, -0.2) is 27.0 Å². The van der Waals surface area contributed by atoms with Gasteiger partial charge in [0.2, 0.25) is 5.82 Å². The van der Waals surface area contributed by atoms with E-state index in [2.05, 4.69) is 10.4 Å². The van der Waals surface area contributed by atoms with Crippen molar-refractivity contribution < 1.29 is 22.0 Å². The van der Waals surface area contributed by atoms with Crippen molar-refractivity contribution in [2.24, 2.45) is 5.10 Å². The summed E-state index contributed by atoms with van der Waals surface area (Å²) >= 11 is 4.95. The maximum absolute atomic E-state index is 13.4. The van der Waals surface area contributed by atoms with E-state index >= 15 is 0 Å². The monoisotopic (exact) mass is 339 g/mol.